The first-order chi connectivity index (χ1) is 13.4. The Morgan fingerprint density at radius 2 is 1.93 bits per heavy atom. The van der Waals surface area contributed by atoms with Crippen LogP contribution in [0.25, 0.3) is 10.9 Å². The monoisotopic (exact) mass is 396 g/mol. The van der Waals surface area contributed by atoms with E-state index in [1.807, 2.05) is 36.4 Å². The Bertz CT molecular complexity index is 1110. The number of rotatable bonds is 5. The molecule has 0 saturated carbocycles. The standard InChI is InChI=1S/C20H20N4O3S/c1-28(26,27)24(12-15-5-4-10-21-11-15)17-13-23(14-17)20(25)19-9-8-16-6-2-3-7-18(16)22-19/h2-11,17H,12-14H2,1H3. The van der Waals surface area contributed by atoms with Crippen LogP contribution in [0.4, 0.5) is 0 Å². The largest absolute Gasteiger partial charge is 0.334 e. The number of amides is 1. The minimum Gasteiger partial charge on any atom is -0.334 e. The second-order valence-electron chi connectivity index (χ2n) is 6.92. The molecule has 2 aromatic heterocycles. The van der Waals surface area contributed by atoms with Gasteiger partial charge in [0.25, 0.3) is 5.91 Å². The van der Waals surface area contributed by atoms with Crippen molar-refractivity contribution in [3.05, 3.63) is 72.2 Å². The third-order valence-electron chi connectivity index (χ3n) is 4.86. The molecule has 1 amide bonds. The summed E-state index contributed by atoms with van der Waals surface area (Å²) < 4.78 is 25.9. The van der Waals surface area contributed by atoms with Gasteiger partial charge in [0.1, 0.15) is 5.69 Å². The van der Waals surface area contributed by atoms with Gasteiger partial charge in [-0.2, -0.15) is 4.31 Å². The predicted octanol–water partition coefficient (Wildman–Crippen LogP) is 1.92. The molecule has 0 radical (unpaired) electrons. The van der Waals surface area contributed by atoms with E-state index in [1.165, 1.54) is 10.6 Å². The molecular weight excluding hydrogens is 376 g/mol. The number of sulfonamides is 1. The number of nitrogens with zero attached hydrogens (tertiary/aromatic N) is 4. The molecule has 3 aromatic rings. The van der Waals surface area contributed by atoms with E-state index in [-0.39, 0.29) is 18.5 Å². The summed E-state index contributed by atoms with van der Waals surface area (Å²) in [6.45, 7) is 0.939. The molecule has 8 heteroatoms. The molecule has 7 nitrogen and oxygen atoms in total. The molecule has 4 rings (SSSR count). The van der Waals surface area contributed by atoms with Crippen LogP contribution in [0.15, 0.2) is 60.9 Å². The lowest BCUT2D eigenvalue weighted by Crippen LogP contribution is -2.61. The van der Waals surface area contributed by atoms with Crippen LogP contribution in [0, 0.1) is 0 Å². The van der Waals surface area contributed by atoms with Gasteiger partial charge in [0, 0.05) is 37.4 Å². The molecule has 1 fully saturated rings. The van der Waals surface area contributed by atoms with E-state index in [4.69, 9.17) is 0 Å². The molecule has 1 aliphatic rings. The van der Waals surface area contributed by atoms with E-state index in [1.54, 1.807) is 29.4 Å². The van der Waals surface area contributed by atoms with Crippen LogP contribution in [0.2, 0.25) is 0 Å². The maximum atomic E-state index is 12.7. The predicted molar refractivity (Wildman–Crippen MR) is 106 cm³/mol. The van der Waals surface area contributed by atoms with Gasteiger partial charge in [0.05, 0.1) is 17.8 Å². The molecule has 3 heterocycles. The highest BCUT2D eigenvalue weighted by Crippen LogP contribution is 2.23. The Morgan fingerprint density at radius 3 is 2.64 bits per heavy atom. The zero-order valence-electron chi connectivity index (χ0n) is 15.4. The van der Waals surface area contributed by atoms with Crippen LogP contribution in [-0.2, 0) is 16.6 Å². The quantitative estimate of drug-likeness (QED) is 0.658. The molecule has 0 spiro atoms. The summed E-state index contributed by atoms with van der Waals surface area (Å²) >= 11 is 0. The summed E-state index contributed by atoms with van der Waals surface area (Å²) in [4.78, 5) is 22.8. The third kappa shape index (κ3) is 3.74. The summed E-state index contributed by atoms with van der Waals surface area (Å²) in [6.07, 6.45) is 4.49. The number of hydrogen-bond acceptors (Lipinski definition) is 5. The lowest BCUT2D eigenvalue weighted by molar-refractivity contribution is 0.0438. The van der Waals surface area contributed by atoms with Crippen molar-refractivity contribution in [3.8, 4) is 0 Å². The van der Waals surface area contributed by atoms with E-state index in [0.717, 1.165) is 16.5 Å². The maximum absolute atomic E-state index is 12.7. The van der Waals surface area contributed by atoms with E-state index in [9.17, 15) is 13.2 Å². The Kier molecular flexibility index (Phi) is 4.82. The van der Waals surface area contributed by atoms with Crippen LogP contribution in [0.1, 0.15) is 16.1 Å². The van der Waals surface area contributed by atoms with Gasteiger partial charge in [0.2, 0.25) is 10.0 Å². The summed E-state index contributed by atoms with van der Waals surface area (Å²) in [5.74, 6) is -0.183. The van der Waals surface area contributed by atoms with Gasteiger partial charge in [-0.25, -0.2) is 13.4 Å². The molecule has 0 atom stereocenters. The van der Waals surface area contributed by atoms with Crippen LogP contribution in [-0.4, -0.2) is 58.9 Å². The number of likely N-dealkylation sites (tertiary alicyclic amines) is 1. The number of benzene rings is 1. The molecule has 1 aromatic carbocycles. The lowest BCUT2D eigenvalue weighted by Gasteiger charge is -2.44. The van der Waals surface area contributed by atoms with Crippen molar-refractivity contribution in [1.82, 2.24) is 19.2 Å². The molecule has 1 aliphatic heterocycles. The van der Waals surface area contributed by atoms with Gasteiger partial charge in [-0.15, -0.1) is 0 Å². The zero-order chi connectivity index (χ0) is 19.7. The Labute approximate surface area is 163 Å². The van der Waals surface area contributed by atoms with Crippen molar-refractivity contribution in [3.63, 3.8) is 0 Å². The molecular formula is C20H20N4O3S. The summed E-state index contributed by atoms with van der Waals surface area (Å²) in [5.41, 5.74) is 1.95. The van der Waals surface area contributed by atoms with E-state index >= 15 is 0 Å². The minimum atomic E-state index is -3.41. The van der Waals surface area contributed by atoms with Crippen molar-refractivity contribution in [2.24, 2.45) is 0 Å². The highest BCUT2D eigenvalue weighted by atomic mass is 32.2. The number of para-hydroxylation sites is 1. The fourth-order valence-electron chi connectivity index (χ4n) is 3.34. The number of aromatic nitrogens is 2. The van der Waals surface area contributed by atoms with Crippen LogP contribution in [0.5, 0.6) is 0 Å². The van der Waals surface area contributed by atoms with Gasteiger partial charge in [-0.1, -0.05) is 30.3 Å². The fraction of sp³-hybridized carbons (Fsp3) is 0.250. The SMILES string of the molecule is CS(=O)(=O)N(Cc1cccnc1)C1CN(C(=O)c2ccc3ccccc3n2)C1. The number of pyridine rings is 2. The Hall–Kier alpha value is -2.84. The first kappa shape index (κ1) is 18.5. The van der Waals surface area contributed by atoms with Gasteiger partial charge >= 0.3 is 0 Å². The Morgan fingerprint density at radius 1 is 1.14 bits per heavy atom. The summed E-state index contributed by atoms with van der Waals surface area (Å²) in [6, 6.07) is 14.6. The topological polar surface area (TPSA) is 83.5 Å². The van der Waals surface area contributed by atoms with Crippen LogP contribution >= 0.6 is 0 Å². The van der Waals surface area contributed by atoms with Crippen molar-refractivity contribution in [1.29, 1.82) is 0 Å². The fourth-order valence-corrected chi connectivity index (χ4v) is 4.40. The molecule has 0 aliphatic carbocycles. The second-order valence-corrected chi connectivity index (χ2v) is 8.86. The first-order valence-corrected chi connectivity index (χ1v) is 10.8. The number of hydrogen-bond donors (Lipinski definition) is 0. The molecule has 144 valence electrons. The van der Waals surface area contributed by atoms with Crippen LogP contribution < -0.4 is 0 Å². The van der Waals surface area contributed by atoms with Gasteiger partial charge in [-0.3, -0.25) is 9.78 Å². The first-order valence-electron chi connectivity index (χ1n) is 8.92. The van der Waals surface area contributed by atoms with Crippen molar-refractivity contribution in [2.45, 2.75) is 12.6 Å². The van der Waals surface area contributed by atoms with Crippen LogP contribution in [0.3, 0.4) is 0 Å². The van der Waals surface area contributed by atoms with E-state index < -0.39 is 10.0 Å². The minimum absolute atomic E-state index is 0.183. The third-order valence-corrected chi connectivity index (χ3v) is 6.14. The summed E-state index contributed by atoms with van der Waals surface area (Å²) in [7, 11) is -3.41. The maximum Gasteiger partial charge on any atom is 0.272 e. The zero-order valence-corrected chi connectivity index (χ0v) is 16.2. The molecule has 28 heavy (non-hydrogen) atoms. The second kappa shape index (κ2) is 7.29. The van der Waals surface area contributed by atoms with Gasteiger partial charge in [0.15, 0.2) is 0 Å². The lowest BCUT2D eigenvalue weighted by atomic mass is 10.1. The van der Waals surface area contributed by atoms with Gasteiger partial charge in [-0.05, 0) is 23.8 Å². The normalized spacial score (nSPS) is 15.0. The summed E-state index contributed by atoms with van der Waals surface area (Å²) in [5, 5.41) is 0.972. The number of carbonyl (C=O) groups excluding carboxylic acids is 1. The van der Waals surface area contributed by atoms with Gasteiger partial charge < -0.3 is 4.90 Å². The van der Waals surface area contributed by atoms with Crippen molar-refractivity contribution >= 4 is 26.8 Å². The number of fused-ring (bicyclic) bond motifs is 1. The average molecular weight is 396 g/mol. The molecule has 0 bridgehead atoms. The average Bonchev–Trinajstić information content (AvgIpc) is 2.65. The highest BCUT2D eigenvalue weighted by Gasteiger charge is 2.39. The van der Waals surface area contributed by atoms with E-state index in [0.29, 0.717) is 18.8 Å². The Balaban J connectivity index is 1.47. The smallest absolute Gasteiger partial charge is 0.272 e. The molecule has 0 N–H and O–H groups in total. The molecule has 0 unspecified atom stereocenters. The van der Waals surface area contributed by atoms with Crippen molar-refractivity contribution in [2.75, 3.05) is 19.3 Å². The van der Waals surface area contributed by atoms with E-state index in [2.05, 4.69) is 9.97 Å². The van der Waals surface area contributed by atoms with Crippen molar-refractivity contribution < 1.29 is 13.2 Å². The molecule has 1 saturated heterocycles. The number of carbonyl (C=O) groups is 1. The highest BCUT2D eigenvalue weighted by molar-refractivity contribution is 7.88.